The molecule has 3 aromatic rings. The highest BCUT2D eigenvalue weighted by Gasteiger charge is 2.50. The molecule has 3 aliphatic rings. The van der Waals surface area contributed by atoms with Crippen LogP contribution in [0, 0.1) is 10.1 Å². The number of rotatable bonds is 9. The number of hydrogen-bond donors (Lipinski definition) is 0. The summed E-state index contributed by atoms with van der Waals surface area (Å²) in [5.41, 5.74) is 3.51. The van der Waals surface area contributed by atoms with Crippen LogP contribution in [0.5, 0.6) is 11.5 Å². The first kappa shape index (κ1) is 39.5. The molecule has 2 atom stereocenters. The van der Waals surface area contributed by atoms with Crippen molar-refractivity contribution in [2.75, 3.05) is 65.4 Å². The van der Waals surface area contributed by atoms with Gasteiger partial charge in [-0.05, 0) is 67.4 Å². The maximum Gasteiger partial charge on any atom is 0.269 e. The fourth-order valence-electron chi connectivity index (χ4n) is 6.87. The lowest BCUT2D eigenvalue weighted by Crippen LogP contribution is -2.60. The Kier molecular flexibility index (Phi) is 14.6. The molecule has 51 heavy (non-hydrogen) atoms. The Bertz CT molecular complexity index is 1580. The van der Waals surface area contributed by atoms with Gasteiger partial charge in [0.1, 0.15) is 17.3 Å². The zero-order valence-electron chi connectivity index (χ0n) is 31.4. The molecule has 276 valence electrons. The zero-order chi connectivity index (χ0) is 37.1. The Balaban J connectivity index is 0.00000141. The van der Waals surface area contributed by atoms with E-state index >= 15 is 0 Å². The summed E-state index contributed by atoms with van der Waals surface area (Å²) in [6.07, 6.45) is 1.68. The lowest BCUT2D eigenvalue weighted by Gasteiger charge is -2.56. The summed E-state index contributed by atoms with van der Waals surface area (Å²) in [7, 11) is 5.48. The number of carbonyl (C=O) groups excluding carboxylic acids is 1. The van der Waals surface area contributed by atoms with Crippen LogP contribution in [0.1, 0.15) is 70.5 Å². The van der Waals surface area contributed by atoms with Crippen LogP contribution in [0.3, 0.4) is 0 Å². The minimum absolute atomic E-state index is 0.00144. The van der Waals surface area contributed by atoms with Crippen LogP contribution in [0.2, 0.25) is 0 Å². The van der Waals surface area contributed by atoms with E-state index in [-0.39, 0.29) is 29.6 Å². The average Bonchev–Trinajstić information content (AvgIpc) is 3.16. The van der Waals surface area contributed by atoms with Gasteiger partial charge >= 0.3 is 0 Å². The van der Waals surface area contributed by atoms with Crippen molar-refractivity contribution in [1.29, 1.82) is 0 Å². The van der Waals surface area contributed by atoms with E-state index in [1.54, 1.807) is 33.3 Å². The standard InChI is InChI=1S/C35H42N6O5S.2C2H6/c1-24(42)38-15-13-28(14-16-38)40-34(25-5-7-27(8-6-25)39-19-17-37(2)18-20-39)33(26-21-30(45-3)23-31(22-26)46-4)35(40)36-47-32-11-9-29(10-12-32)41(43)44;2*1-2/h5-12,21-23,28,33-34H,13-20H2,1-4H3;2*1-2H3. The molecule has 3 heterocycles. The first-order chi connectivity index (χ1) is 24.7. The third-order valence-corrected chi connectivity index (χ3v) is 10.4. The van der Waals surface area contributed by atoms with Gasteiger partial charge in [0.25, 0.3) is 5.69 Å². The number of likely N-dealkylation sites (N-methyl/N-ethyl adjacent to an activating group) is 1. The van der Waals surface area contributed by atoms with Gasteiger partial charge in [-0.2, -0.15) is 4.40 Å². The second kappa shape index (κ2) is 18.8. The number of amides is 1. The molecule has 3 saturated heterocycles. The minimum Gasteiger partial charge on any atom is -0.497 e. The molecule has 6 rings (SSSR count). The molecular formula is C39H54N6O5S. The number of nitro groups is 1. The highest BCUT2D eigenvalue weighted by Crippen LogP contribution is 2.52. The van der Waals surface area contributed by atoms with E-state index in [0.717, 1.165) is 55.3 Å². The minimum atomic E-state index is -0.396. The van der Waals surface area contributed by atoms with E-state index in [9.17, 15) is 14.9 Å². The van der Waals surface area contributed by atoms with Gasteiger partial charge in [-0.1, -0.05) is 39.8 Å². The second-order valence-corrected chi connectivity index (χ2v) is 13.2. The number of piperidine rings is 1. The number of methoxy groups -OCH3 is 2. The summed E-state index contributed by atoms with van der Waals surface area (Å²) >= 11 is 1.32. The molecule has 12 heteroatoms. The van der Waals surface area contributed by atoms with E-state index in [1.807, 2.05) is 38.7 Å². The number of amidine groups is 1. The fourth-order valence-corrected chi connectivity index (χ4v) is 7.53. The van der Waals surface area contributed by atoms with Crippen LogP contribution in [-0.4, -0.2) is 97.9 Å². The van der Waals surface area contributed by atoms with Crippen LogP contribution in [0.25, 0.3) is 0 Å². The quantitative estimate of drug-likeness (QED) is 0.125. The van der Waals surface area contributed by atoms with Crippen LogP contribution in [0.4, 0.5) is 11.4 Å². The number of non-ortho nitro benzene ring substituents is 1. The normalized spacial score (nSPS) is 20.0. The molecule has 0 spiro atoms. The summed E-state index contributed by atoms with van der Waals surface area (Å²) < 4.78 is 16.5. The largest absolute Gasteiger partial charge is 0.497 e. The Morgan fingerprint density at radius 1 is 0.824 bits per heavy atom. The van der Waals surface area contributed by atoms with Crippen molar-refractivity contribution < 1.29 is 19.2 Å². The smallest absolute Gasteiger partial charge is 0.269 e. The molecule has 0 aromatic heterocycles. The number of hydrogen-bond acceptors (Lipinski definition) is 9. The number of nitro benzene ring substituents is 1. The third kappa shape index (κ3) is 9.34. The van der Waals surface area contributed by atoms with Gasteiger partial charge in [-0.15, -0.1) is 0 Å². The number of piperazine rings is 1. The number of ether oxygens (including phenoxy) is 2. The number of likely N-dealkylation sites (tertiary alicyclic amines) is 2. The van der Waals surface area contributed by atoms with Gasteiger partial charge in [-0.3, -0.25) is 14.9 Å². The zero-order valence-corrected chi connectivity index (χ0v) is 32.2. The molecule has 0 bridgehead atoms. The van der Waals surface area contributed by atoms with Crippen LogP contribution in [-0.2, 0) is 4.79 Å². The van der Waals surface area contributed by atoms with Gasteiger partial charge in [0.15, 0.2) is 0 Å². The van der Waals surface area contributed by atoms with Crippen molar-refractivity contribution in [2.45, 2.75) is 70.4 Å². The maximum atomic E-state index is 12.2. The topological polar surface area (TPSA) is 104 Å². The van der Waals surface area contributed by atoms with E-state index in [0.29, 0.717) is 24.6 Å². The number of nitrogens with zero attached hydrogens (tertiary/aromatic N) is 6. The predicted octanol–water partition coefficient (Wildman–Crippen LogP) is 7.67. The summed E-state index contributed by atoms with van der Waals surface area (Å²) in [5, 5.41) is 11.2. The lowest BCUT2D eigenvalue weighted by molar-refractivity contribution is -0.384. The molecule has 1 amide bonds. The Morgan fingerprint density at radius 3 is 1.90 bits per heavy atom. The van der Waals surface area contributed by atoms with Gasteiger partial charge < -0.3 is 29.1 Å². The molecule has 11 nitrogen and oxygen atoms in total. The van der Waals surface area contributed by atoms with Gasteiger partial charge in [-0.25, -0.2) is 0 Å². The summed E-state index contributed by atoms with van der Waals surface area (Å²) in [6, 6.07) is 21.6. The summed E-state index contributed by atoms with van der Waals surface area (Å²) in [6.45, 7) is 15.1. The van der Waals surface area contributed by atoms with Gasteiger partial charge in [0, 0.05) is 93.0 Å². The Morgan fingerprint density at radius 2 is 1.39 bits per heavy atom. The van der Waals surface area contributed by atoms with Crippen LogP contribution < -0.4 is 14.4 Å². The maximum absolute atomic E-state index is 12.2. The van der Waals surface area contributed by atoms with Crippen molar-refractivity contribution in [3.05, 3.63) is 88.0 Å². The molecule has 3 fully saturated rings. The monoisotopic (exact) mass is 718 g/mol. The highest BCUT2D eigenvalue weighted by atomic mass is 32.2. The molecular weight excluding hydrogens is 665 g/mol. The van der Waals surface area contributed by atoms with Crippen molar-refractivity contribution in [3.63, 3.8) is 0 Å². The third-order valence-electron chi connectivity index (χ3n) is 9.59. The van der Waals surface area contributed by atoms with Gasteiger partial charge in [0.2, 0.25) is 5.91 Å². The van der Waals surface area contributed by atoms with Crippen LogP contribution in [0.15, 0.2) is 76.0 Å². The van der Waals surface area contributed by atoms with E-state index in [4.69, 9.17) is 13.9 Å². The first-order valence-corrected chi connectivity index (χ1v) is 18.8. The van der Waals surface area contributed by atoms with Gasteiger partial charge in [0.05, 0.1) is 31.1 Å². The fraction of sp³-hybridized carbons (Fsp3) is 0.487. The van der Waals surface area contributed by atoms with Crippen molar-refractivity contribution in [3.8, 4) is 11.5 Å². The molecule has 0 radical (unpaired) electrons. The average molecular weight is 719 g/mol. The van der Waals surface area contributed by atoms with Crippen molar-refractivity contribution in [2.24, 2.45) is 4.40 Å². The Labute approximate surface area is 307 Å². The molecule has 3 aliphatic heterocycles. The number of anilines is 1. The number of carbonyl (C=O) groups is 1. The van der Waals surface area contributed by atoms with E-state index in [1.165, 1.54) is 35.3 Å². The highest BCUT2D eigenvalue weighted by molar-refractivity contribution is 7.98. The van der Waals surface area contributed by atoms with E-state index < -0.39 is 4.92 Å². The second-order valence-electron chi connectivity index (χ2n) is 12.4. The molecule has 0 N–H and O–H groups in total. The first-order valence-electron chi connectivity index (χ1n) is 18.1. The van der Waals surface area contributed by atoms with Crippen molar-refractivity contribution in [1.82, 2.24) is 14.7 Å². The summed E-state index contributed by atoms with van der Waals surface area (Å²) in [5.74, 6) is 2.35. The molecule has 0 aliphatic carbocycles. The summed E-state index contributed by atoms with van der Waals surface area (Å²) in [4.78, 5) is 33.0. The molecule has 2 unspecified atom stereocenters. The Hall–Kier alpha value is -4.29. The van der Waals surface area contributed by atoms with Crippen molar-refractivity contribution >= 4 is 35.1 Å². The lowest BCUT2D eigenvalue weighted by atomic mass is 9.75. The molecule has 3 aromatic carbocycles. The predicted molar refractivity (Wildman–Crippen MR) is 207 cm³/mol. The number of benzene rings is 3. The van der Waals surface area contributed by atoms with Crippen LogP contribution >= 0.6 is 11.9 Å². The van der Waals surface area contributed by atoms with E-state index in [2.05, 4.69) is 58.1 Å². The molecule has 0 saturated carbocycles. The SMILES string of the molecule is CC.CC.COc1cc(OC)cc(C2C(=NSc3ccc([N+](=O)[O-])cc3)N(C3CCN(C(C)=O)CC3)C2c2ccc(N3CCN(C)CC3)cc2)c1.